The molecule has 0 saturated carbocycles. The molecule has 3 nitrogen and oxygen atoms in total. The Balaban J connectivity index is 2.24. The second kappa shape index (κ2) is 4.89. The summed E-state index contributed by atoms with van der Waals surface area (Å²) >= 11 is 1.45. The number of nitrogens with one attached hydrogen (secondary N) is 1. The zero-order valence-electron chi connectivity index (χ0n) is 10.00. The van der Waals surface area contributed by atoms with Gasteiger partial charge in [0.1, 0.15) is 10.7 Å². The highest BCUT2D eigenvalue weighted by Gasteiger charge is 2.15. The molecule has 0 aliphatic heterocycles. The summed E-state index contributed by atoms with van der Waals surface area (Å²) in [6.45, 7) is 3.67. The van der Waals surface area contributed by atoms with E-state index in [0.29, 0.717) is 0 Å². The molecule has 3 N–H and O–H groups in total. The van der Waals surface area contributed by atoms with E-state index in [2.05, 4.69) is 10.3 Å². The summed E-state index contributed by atoms with van der Waals surface area (Å²) in [5.41, 5.74) is 6.13. The number of hydrogen-bond acceptors (Lipinski definition) is 4. The molecule has 1 atom stereocenters. The lowest BCUT2D eigenvalue weighted by Crippen LogP contribution is -2.10. The number of nitrogens with zero attached hydrogens (tertiary/aromatic N) is 1. The molecule has 0 aliphatic carbocycles. The number of halogens is 2. The van der Waals surface area contributed by atoms with Gasteiger partial charge < -0.3 is 11.1 Å². The normalized spacial score (nSPS) is 12.4. The highest BCUT2D eigenvalue weighted by Crippen LogP contribution is 2.27. The lowest BCUT2D eigenvalue weighted by molar-refractivity contribution is 0.585. The van der Waals surface area contributed by atoms with E-state index in [1.165, 1.54) is 11.3 Å². The van der Waals surface area contributed by atoms with Crippen molar-refractivity contribution in [1.82, 2.24) is 4.98 Å². The molecule has 0 radical (unpaired) electrons. The van der Waals surface area contributed by atoms with Crippen LogP contribution in [-0.2, 0) is 0 Å². The topological polar surface area (TPSA) is 50.9 Å². The molecule has 0 amide bonds. The molecule has 0 spiro atoms. The summed E-state index contributed by atoms with van der Waals surface area (Å²) in [5.74, 6) is -1.40. The molecular formula is C12H13F2N3S. The van der Waals surface area contributed by atoms with Gasteiger partial charge >= 0.3 is 0 Å². The van der Waals surface area contributed by atoms with Crippen molar-refractivity contribution >= 4 is 22.7 Å². The summed E-state index contributed by atoms with van der Waals surface area (Å²) in [7, 11) is 0. The van der Waals surface area contributed by atoms with Crippen molar-refractivity contribution in [3.63, 3.8) is 0 Å². The number of aromatic nitrogens is 1. The first-order chi connectivity index (χ1) is 8.47. The molecule has 96 valence electrons. The van der Waals surface area contributed by atoms with Crippen LogP contribution in [0, 0.1) is 18.6 Å². The van der Waals surface area contributed by atoms with Crippen LogP contribution in [0.25, 0.3) is 0 Å². The predicted octanol–water partition coefficient (Wildman–Crippen LogP) is 3.49. The Morgan fingerprint density at radius 1 is 1.33 bits per heavy atom. The lowest BCUT2D eigenvalue weighted by atomic mass is 10.2. The van der Waals surface area contributed by atoms with Crippen molar-refractivity contribution in [2.75, 3.05) is 11.1 Å². The van der Waals surface area contributed by atoms with E-state index in [9.17, 15) is 8.78 Å². The van der Waals surface area contributed by atoms with Gasteiger partial charge in [0.05, 0.1) is 6.04 Å². The maximum Gasteiger partial charge on any atom is 0.151 e. The van der Waals surface area contributed by atoms with Gasteiger partial charge in [0.15, 0.2) is 11.6 Å². The summed E-state index contributed by atoms with van der Waals surface area (Å²) in [6.07, 6.45) is 0. The van der Waals surface area contributed by atoms with Gasteiger partial charge in [0.25, 0.3) is 0 Å². The molecular weight excluding hydrogens is 256 g/mol. The maximum atomic E-state index is 13.6. The smallest absolute Gasteiger partial charge is 0.151 e. The Bertz CT molecular complexity index is 545. The molecule has 1 aromatic heterocycles. The minimum atomic E-state index is -0.701. The SMILES string of the molecule is Cc1csc(C(C)Nc2c(F)cc(N)cc2F)n1. The van der Waals surface area contributed by atoms with Crippen LogP contribution >= 0.6 is 11.3 Å². The van der Waals surface area contributed by atoms with Gasteiger partial charge in [-0.2, -0.15) is 0 Å². The highest BCUT2D eigenvalue weighted by molar-refractivity contribution is 7.09. The predicted molar refractivity (Wildman–Crippen MR) is 69.7 cm³/mol. The van der Waals surface area contributed by atoms with Gasteiger partial charge in [-0.05, 0) is 26.0 Å². The molecule has 18 heavy (non-hydrogen) atoms. The Kier molecular flexibility index (Phi) is 3.47. The van der Waals surface area contributed by atoms with E-state index < -0.39 is 11.6 Å². The maximum absolute atomic E-state index is 13.6. The molecule has 1 aromatic carbocycles. The molecule has 2 aromatic rings. The molecule has 1 unspecified atom stereocenters. The van der Waals surface area contributed by atoms with Crippen molar-refractivity contribution < 1.29 is 8.78 Å². The Morgan fingerprint density at radius 3 is 2.44 bits per heavy atom. The number of nitrogens with two attached hydrogens (primary N) is 1. The standard InChI is InChI=1S/C12H13F2N3S/c1-6-5-18-12(16-6)7(2)17-11-9(13)3-8(15)4-10(11)14/h3-5,7,17H,15H2,1-2H3. The van der Waals surface area contributed by atoms with Gasteiger partial charge in [-0.25, -0.2) is 13.8 Å². The first-order valence-electron chi connectivity index (χ1n) is 5.40. The lowest BCUT2D eigenvalue weighted by Gasteiger charge is -2.14. The summed E-state index contributed by atoms with van der Waals surface area (Å²) < 4.78 is 27.2. The number of hydrogen-bond donors (Lipinski definition) is 2. The summed E-state index contributed by atoms with van der Waals surface area (Å²) in [6, 6.07) is 1.91. The minimum absolute atomic E-state index is 0.0632. The fraction of sp³-hybridized carbons (Fsp3) is 0.250. The van der Waals surface area contributed by atoms with Crippen LogP contribution < -0.4 is 11.1 Å². The van der Waals surface area contributed by atoms with Gasteiger partial charge in [0, 0.05) is 16.8 Å². The van der Waals surface area contributed by atoms with E-state index in [0.717, 1.165) is 22.8 Å². The monoisotopic (exact) mass is 269 g/mol. The zero-order valence-corrected chi connectivity index (χ0v) is 10.8. The fourth-order valence-corrected chi connectivity index (χ4v) is 2.38. The largest absolute Gasteiger partial charge is 0.399 e. The number of nitrogen functional groups attached to an aromatic ring is 1. The van der Waals surface area contributed by atoms with Crippen LogP contribution in [-0.4, -0.2) is 4.98 Å². The molecule has 2 rings (SSSR count). The first-order valence-corrected chi connectivity index (χ1v) is 6.28. The number of aryl methyl sites for hydroxylation is 1. The van der Waals surface area contributed by atoms with Crippen molar-refractivity contribution in [3.05, 3.63) is 39.8 Å². The molecule has 0 saturated heterocycles. The molecule has 6 heteroatoms. The Hall–Kier alpha value is -1.69. The molecule has 0 aliphatic rings. The third-order valence-electron chi connectivity index (χ3n) is 2.43. The van der Waals surface area contributed by atoms with Crippen LogP contribution in [0.5, 0.6) is 0 Å². The highest BCUT2D eigenvalue weighted by atomic mass is 32.1. The number of anilines is 2. The van der Waals surface area contributed by atoms with Crippen molar-refractivity contribution in [1.29, 1.82) is 0 Å². The average Bonchev–Trinajstić information content (AvgIpc) is 2.70. The summed E-state index contributed by atoms with van der Waals surface area (Å²) in [5, 5.41) is 5.45. The first kappa shape index (κ1) is 12.8. The van der Waals surface area contributed by atoms with Crippen LogP contribution in [0.2, 0.25) is 0 Å². The van der Waals surface area contributed by atoms with Crippen molar-refractivity contribution in [3.8, 4) is 0 Å². The third kappa shape index (κ3) is 2.59. The van der Waals surface area contributed by atoms with Crippen LogP contribution in [0.4, 0.5) is 20.2 Å². The van der Waals surface area contributed by atoms with Gasteiger partial charge in [-0.3, -0.25) is 0 Å². The molecule has 1 heterocycles. The summed E-state index contributed by atoms with van der Waals surface area (Å²) in [4.78, 5) is 4.27. The van der Waals surface area contributed by atoms with Crippen molar-refractivity contribution in [2.45, 2.75) is 19.9 Å². The second-order valence-corrected chi connectivity index (χ2v) is 4.94. The van der Waals surface area contributed by atoms with E-state index >= 15 is 0 Å². The molecule has 0 fully saturated rings. The second-order valence-electron chi connectivity index (χ2n) is 4.05. The Labute approximate surface area is 108 Å². The fourth-order valence-electron chi connectivity index (χ4n) is 1.58. The van der Waals surface area contributed by atoms with Gasteiger partial charge in [0.2, 0.25) is 0 Å². The zero-order chi connectivity index (χ0) is 13.3. The quantitative estimate of drug-likeness (QED) is 0.839. The number of rotatable bonds is 3. The Morgan fingerprint density at radius 2 is 1.94 bits per heavy atom. The third-order valence-corrected chi connectivity index (χ3v) is 3.58. The number of benzene rings is 1. The van der Waals surface area contributed by atoms with Crippen LogP contribution in [0.1, 0.15) is 23.7 Å². The van der Waals surface area contributed by atoms with E-state index in [4.69, 9.17) is 5.73 Å². The average molecular weight is 269 g/mol. The minimum Gasteiger partial charge on any atom is -0.399 e. The van der Waals surface area contributed by atoms with Gasteiger partial charge in [-0.1, -0.05) is 0 Å². The van der Waals surface area contributed by atoms with E-state index in [-0.39, 0.29) is 17.4 Å². The van der Waals surface area contributed by atoms with E-state index in [1.807, 2.05) is 12.3 Å². The van der Waals surface area contributed by atoms with Crippen molar-refractivity contribution in [2.24, 2.45) is 0 Å². The van der Waals surface area contributed by atoms with Crippen LogP contribution in [0.15, 0.2) is 17.5 Å². The number of thiazole rings is 1. The molecule has 0 bridgehead atoms. The van der Waals surface area contributed by atoms with Gasteiger partial charge in [-0.15, -0.1) is 11.3 Å². The van der Waals surface area contributed by atoms with E-state index in [1.54, 1.807) is 6.92 Å². The van der Waals surface area contributed by atoms with Crippen LogP contribution in [0.3, 0.4) is 0 Å².